The number of ketones is 1. The number of carbonyl (C=O) groups excluding carboxylic acids is 4. The number of benzene rings is 1. The lowest BCUT2D eigenvalue weighted by Gasteiger charge is -2.41. The summed E-state index contributed by atoms with van der Waals surface area (Å²) in [6.45, 7) is 1.66. The molecule has 5 rings (SSSR count). The first kappa shape index (κ1) is 16.9. The lowest BCUT2D eigenvalue weighted by atomic mass is 9.59. The molecule has 6 heteroatoms. The summed E-state index contributed by atoms with van der Waals surface area (Å²) in [7, 11) is 0. The SMILES string of the molecule is CC(=O)OCCc1ccc(N2C(=O)[C@@H]3[C@H]4CC[C@H](C(=O)C4)[C@@H]3C2=O)cc1. The van der Waals surface area contributed by atoms with Gasteiger partial charge >= 0.3 is 5.97 Å². The Balaban J connectivity index is 1.53. The van der Waals surface area contributed by atoms with Crippen molar-refractivity contribution in [1.29, 1.82) is 0 Å². The first-order valence-corrected chi connectivity index (χ1v) is 9.10. The topological polar surface area (TPSA) is 80.8 Å². The molecule has 1 heterocycles. The predicted molar refractivity (Wildman–Crippen MR) is 92.1 cm³/mol. The third-order valence-corrected chi connectivity index (χ3v) is 5.96. The lowest BCUT2D eigenvalue weighted by Crippen LogP contribution is -2.46. The zero-order valence-corrected chi connectivity index (χ0v) is 14.6. The number of imide groups is 1. The number of ether oxygens (including phenoxy) is 1. The van der Waals surface area contributed by atoms with E-state index in [4.69, 9.17) is 4.74 Å². The molecule has 2 amide bonds. The van der Waals surface area contributed by atoms with Gasteiger partial charge < -0.3 is 4.74 Å². The Morgan fingerprint density at radius 1 is 1.08 bits per heavy atom. The summed E-state index contributed by atoms with van der Waals surface area (Å²) >= 11 is 0. The van der Waals surface area contributed by atoms with Crippen LogP contribution in [0.25, 0.3) is 0 Å². The number of hydrogen-bond acceptors (Lipinski definition) is 5. The summed E-state index contributed by atoms with van der Waals surface area (Å²) in [6, 6.07) is 7.17. The highest BCUT2D eigenvalue weighted by Crippen LogP contribution is 2.52. The molecule has 3 saturated carbocycles. The second-order valence-electron chi connectivity index (χ2n) is 7.43. The van der Waals surface area contributed by atoms with Crippen molar-refractivity contribution < 1.29 is 23.9 Å². The number of fused-ring (bicyclic) bond motifs is 2. The van der Waals surface area contributed by atoms with Gasteiger partial charge in [-0.2, -0.15) is 0 Å². The summed E-state index contributed by atoms with van der Waals surface area (Å²) in [6.07, 6.45) is 2.60. The number of amides is 2. The van der Waals surface area contributed by atoms with Crippen LogP contribution in [0, 0.1) is 23.7 Å². The van der Waals surface area contributed by atoms with Crippen LogP contribution in [-0.4, -0.2) is 30.2 Å². The van der Waals surface area contributed by atoms with Crippen molar-refractivity contribution in [3.05, 3.63) is 29.8 Å². The van der Waals surface area contributed by atoms with Gasteiger partial charge in [0.05, 0.1) is 24.1 Å². The first-order valence-electron chi connectivity index (χ1n) is 9.10. The van der Waals surface area contributed by atoms with Gasteiger partial charge in [0.1, 0.15) is 5.78 Å². The van der Waals surface area contributed by atoms with Crippen molar-refractivity contribution in [1.82, 2.24) is 0 Å². The van der Waals surface area contributed by atoms with Crippen LogP contribution in [0.4, 0.5) is 5.69 Å². The molecule has 6 nitrogen and oxygen atoms in total. The van der Waals surface area contributed by atoms with Gasteiger partial charge in [-0.25, -0.2) is 0 Å². The van der Waals surface area contributed by atoms with E-state index in [0.29, 0.717) is 25.1 Å². The van der Waals surface area contributed by atoms with E-state index in [0.717, 1.165) is 18.4 Å². The molecule has 0 N–H and O–H groups in total. The van der Waals surface area contributed by atoms with E-state index in [-0.39, 0.29) is 41.3 Å². The molecule has 0 aromatic heterocycles. The molecule has 26 heavy (non-hydrogen) atoms. The fourth-order valence-corrected chi connectivity index (χ4v) is 4.76. The third-order valence-electron chi connectivity index (χ3n) is 5.96. The highest BCUT2D eigenvalue weighted by Gasteiger charge is 2.60. The van der Waals surface area contributed by atoms with Gasteiger partial charge in [0.2, 0.25) is 11.8 Å². The molecular formula is C20H21NO5. The molecule has 0 radical (unpaired) electrons. The van der Waals surface area contributed by atoms with Crippen molar-refractivity contribution in [3.8, 4) is 0 Å². The number of anilines is 1. The zero-order chi connectivity index (χ0) is 18.4. The van der Waals surface area contributed by atoms with E-state index in [1.54, 1.807) is 12.1 Å². The average Bonchev–Trinajstić information content (AvgIpc) is 2.89. The summed E-state index contributed by atoms with van der Waals surface area (Å²) in [5.74, 6) is -1.62. The molecule has 1 saturated heterocycles. The van der Waals surface area contributed by atoms with Gasteiger partial charge in [-0.1, -0.05) is 12.1 Å². The van der Waals surface area contributed by atoms with Gasteiger partial charge in [-0.05, 0) is 36.5 Å². The van der Waals surface area contributed by atoms with Gasteiger partial charge in [0.25, 0.3) is 0 Å². The molecule has 4 atom stereocenters. The van der Waals surface area contributed by atoms with E-state index < -0.39 is 5.92 Å². The quantitative estimate of drug-likeness (QED) is 0.609. The maximum Gasteiger partial charge on any atom is 0.302 e. The van der Waals surface area contributed by atoms with Gasteiger partial charge in [-0.3, -0.25) is 24.1 Å². The number of esters is 1. The van der Waals surface area contributed by atoms with Gasteiger partial charge in [0, 0.05) is 25.7 Å². The highest BCUT2D eigenvalue weighted by molar-refractivity contribution is 6.23. The summed E-state index contributed by atoms with van der Waals surface area (Å²) in [4.78, 5) is 50.1. The van der Waals surface area contributed by atoms with E-state index >= 15 is 0 Å². The molecule has 2 bridgehead atoms. The number of hydrogen-bond donors (Lipinski definition) is 0. The fourth-order valence-electron chi connectivity index (χ4n) is 4.76. The molecule has 1 aromatic carbocycles. The largest absolute Gasteiger partial charge is 0.466 e. The van der Waals surface area contributed by atoms with Crippen LogP contribution in [0.5, 0.6) is 0 Å². The highest BCUT2D eigenvalue weighted by atomic mass is 16.5. The molecule has 4 fully saturated rings. The number of carbonyl (C=O) groups is 4. The van der Waals surface area contributed by atoms with Crippen LogP contribution >= 0.6 is 0 Å². The maximum absolute atomic E-state index is 12.9. The third kappa shape index (κ3) is 2.64. The minimum absolute atomic E-state index is 0.0157. The van der Waals surface area contributed by atoms with E-state index in [2.05, 4.69) is 0 Å². The number of rotatable bonds is 4. The second kappa shape index (κ2) is 6.34. The molecule has 136 valence electrons. The van der Waals surface area contributed by atoms with Crippen molar-refractivity contribution in [3.63, 3.8) is 0 Å². The molecule has 1 aliphatic heterocycles. The Bertz CT molecular complexity index is 784. The van der Waals surface area contributed by atoms with E-state index in [1.165, 1.54) is 11.8 Å². The zero-order valence-electron chi connectivity index (χ0n) is 14.6. The Morgan fingerprint density at radius 2 is 1.77 bits per heavy atom. The first-order chi connectivity index (χ1) is 12.5. The van der Waals surface area contributed by atoms with Crippen molar-refractivity contribution in [2.75, 3.05) is 11.5 Å². The minimum Gasteiger partial charge on any atom is -0.466 e. The van der Waals surface area contributed by atoms with E-state index in [1.807, 2.05) is 12.1 Å². The Morgan fingerprint density at radius 3 is 2.42 bits per heavy atom. The van der Waals surface area contributed by atoms with Gasteiger partial charge in [0.15, 0.2) is 0 Å². The maximum atomic E-state index is 12.9. The lowest BCUT2D eigenvalue weighted by molar-refractivity contribution is -0.143. The van der Waals surface area contributed by atoms with E-state index in [9.17, 15) is 19.2 Å². The Labute approximate surface area is 151 Å². The van der Waals surface area contributed by atoms with Gasteiger partial charge in [-0.15, -0.1) is 0 Å². The molecule has 0 unspecified atom stereocenters. The standard InChI is InChI=1S/C20H21NO5/c1-11(22)26-9-8-12-2-5-14(6-3-12)21-19(24)17-13-4-7-15(16(23)10-13)18(17)20(21)25/h2-3,5-6,13,15,17-18H,4,7-10H2,1H3/t13-,15+,17+,18-/m0/s1. The summed E-state index contributed by atoms with van der Waals surface area (Å²) < 4.78 is 4.93. The number of Topliss-reactive ketones (excluding diaryl/α,β-unsaturated/α-hetero) is 1. The molecule has 0 spiro atoms. The molecule has 3 aliphatic carbocycles. The van der Waals surface area contributed by atoms with Crippen LogP contribution in [-0.2, 0) is 30.3 Å². The molecule has 4 aliphatic rings. The van der Waals surface area contributed by atoms with Crippen LogP contribution in [0.15, 0.2) is 24.3 Å². The smallest absolute Gasteiger partial charge is 0.302 e. The van der Waals surface area contributed by atoms with Crippen molar-refractivity contribution in [2.45, 2.75) is 32.6 Å². The Kier molecular flexibility index (Phi) is 4.13. The normalized spacial score (nSPS) is 29.9. The monoisotopic (exact) mass is 355 g/mol. The summed E-state index contributed by atoms with van der Waals surface area (Å²) in [5.41, 5.74) is 1.51. The number of nitrogens with zero attached hydrogens (tertiary/aromatic N) is 1. The van der Waals surface area contributed by atoms with Crippen molar-refractivity contribution >= 4 is 29.3 Å². The average molecular weight is 355 g/mol. The van der Waals surface area contributed by atoms with Crippen LogP contribution < -0.4 is 4.90 Å². The second-order valence-corrected chi connectivity index (χ2v) is 7.43. The predicted octanol–water partition coefficient (Wildman–Crippen LogP) is 1.90. The Hall–Kier alpha value is -2.50. The molecular weight excluding hydrogens is 334 g/mol. The van der Waals surface area contributed by atoms with Crippen LogP contribution in [0.1, 0.15) is 31.7 Å². The van der Waals surface area contributed by atoms with Crippen LogP contribution in [0.2, 0.25) is 0 Å². The minimum atomic E-state index is -0.467. The fraction of sp³-hybridized carbons (Fsp3) is 0.500. The molecule has 1 aromatic rings. The summed E-state index contributed by atoms with van der Waals surface area (Å²) in [5, 5.41) is 0. The van der Waals surface area contributed by atoms with Crippen molar-refractivity contribution in [2.24, 2.45) is 23.7 Å². The van der Waals surface area contributed by atoms with Crippen LogP contribution in [0.3, 0.4) is 0 Å².